The van der Waals surface area contributed by atoms with Gasteiger partial charge in [0.15, 0.2) is 0 Å². The van der Waals surface area contributed by atoms with Gasteiger partial charge < -0.3 is 10.5 Å². The standard InChI is InChI=1S/C12H21N3O/c1-9-11(8-15(2)14-9)12(13)7-10-3-5-16-6-4-10/h8,10,12H,3-7,13H2,1-2H3. The van der Waals surface area contributed by atoms with Crippen molar-refractivity contribution in [3.63, 3.8) is 0 Å². The van der Waals surface area contributed by atoms with Crippen LogP contribution < -0.4 is 5.73 Å². The first-order valence-electron chi connectivity index (χ1n) is 6.00. The van der Waals surface area contributed by atoms with Gasteiger partial charge in [-0.3, -0.25) is 4.68 Å². The van der Waals surface area contributed by atoms with E-state index in [9.17, 15) is 0 Å². The predicted octanol–water partition coefficient (Wildman–Crippen LogP) is 1.55. The van der Waals surface area contributed by atoms with Crippen molar-refractivity contribution < 1.29 is 4.74 Å². The average molecular weight is 223 g/mol. The SMILES string of the molecule is Cc1nn(C)cc1C(N)CC1CCOCC1. The van der Waals surface area contributed by atoms with Crippen LogP contribution in [0, 0.1) is 12.8 Å². The van der Waals surface area contributed by atoms with Crippen LogP contribution in [0.5, 0.6) is 0 Å². The molecule has 0 aliphatic carbocycles. The van der Waals surface area contributed by atoms with E-state index >= 15 is 0 Å². The molecule has 0 aromatic carbocycles. The molecule has 16 heavy (non-hydrogen) atoms. The largest absolute Gasteiger partial charge is 0.381 e. The van der Waals surface area contributed by atoms with Gasteiger partial charge in [-0.05, 0) is 32.1 Å². The van der Waals surface area contributed by atoms with Gasteiger partial charge in [0.05, 0.1) is 5.69 Å². The molecule has 1 aliphatic heterocycles. The van der Waals surface area contributed by atoms with Gasteiger partial charge >= 0.3 is 0 Å². The molecule has 0 spiro atoms. The minimum absolute atomic E-state index is 0.122. The van der Waals surface area contributed by atoms with Crippen LogP contribution in [0.3, 0.4) is 0 Å². The van der Waals surface area contributed by atoms with E-state index in [1.165, 1.54) is 5.56 Å². The molecule has 1 atom stereocenters. The zero-order valence-electron chi connectivity index (χ0n) is 10.1. The highest BCUT2D eigenvalue weighted by molar-refractivity contribution is 5.19. The molecule has 0 radical (unpaired) electrons. The first kappa shape index (κ1) is 11.6. The summed E-state index contributed by atoms with van der Waals surface area (Å²) in [7, 11) is 1.94. The Kier molecular flexibility index (Phi) is 3.61. The maximum atomic E-state index is 6.25. The molecule has 2 rings (SSSR count). The van der Waals surface area contributed by atoms with E-state index in [1.807, 2.05) is 24.9 Å². The molecule has 4 heteroatoms. The van der Waals surface area contributed by atoms with Crippen LogP contribution in [-0.2, 0) is 11.8 Å². The lowest BCUT2D eigenvalue weighted by molar-refractivity contribution is 0.0618. The van der Waals surface area contributed by atoms with Gasteiger partial charge in [0.25, 0.3) is 0 Å². The lowest BCUT2D eigenvalue weighted by Gasteiger charge is -2.24. The van der Waals surface area contributed by atoms with Crippen LogP contribution in [-0.4, -0.2) is 23.0 Å². The zero-order valence-corrected chi connectivity index (χ0v) is 10.1. The Morgan fingerprint density at radius 1 is 1.56 bits per heavy atom. The number of aryl methyl sites for hydroxylation is 2. The molecular formula is C12H21N3O. The van der Waals surface area contributed by atoms with Gasteiger partial charge in [-0.15, -0.1) is 0 Å². The van der Waals surface area contributed by atoms with Crippen molar-refractivity contribution >= 4 is 0 Å². The quantitative estimate of drug-likeness (QED) is 0.845. The zero-order chi connectivity index (χ0) is 11.5. The molecule has 0 amide bonds. The highest BCUT2D eigenvalue weighted by atomic mass is 16.5. The highest BCUT2D eigenvalue weighted by Crippen LogP contribution is 2.27. The maximum Gasteiger partial charge on any atom is 0.0641 e. The van der Waals surface area contributed by atoms with Crippen LogP contribution in [0.4, 0.5) is 0 Å². The second-order valence-corrected chi connectivity index (χ2v) is 4.74. The Balaban J connectivity index is 1.96. The smallest absolute Gasteiger partial charge is 0.0641 e. The monoisotopic (exact) mass is 223 g/mol. The van der Waals surface area contributed by atoms with Gasteiger partial charge in [-0.25, -0.2) is 0 Å². The molecule has 1 unspecified atom stereocenters. The normalized spacial score (nSPS) is 19.9. The van der Waals surface area contributed by atoms with Crippen molar-refractivity contribution in [3.8, 4) is 0 Å². The Bertz CT molecular complexity index is 342. The average Bonchev–Trinajstić information content (AvgIpc) is 2.59. The number of nitrogens with two attached hydrogens (primary N) is 1. The van der Waals surface area contributed by atoms with E-state index in [0.717, 1.165) is 38.2 Å². The third kappa shape index (κ3) is 2.62. The van der Waals surface area contributed by atoms with E-state index in [0.29, 0.717) is 5.92 Å². The summed E-state index contributed by atoms with van der Waals surface area (Å²) in [4.78, 5) is 0. The second-order valence-electron chi connectivity index (χ2n) is 4.74. The molecular weight excluding hydrogens is 202 g/mol. The molecule has 1 aromatic heterocycles. The molecule has 0 saturated carbocycles. The lowest BCUT2D eigenvalue weighted by atomic mass is 9.90. The number of aromatic nitrogens is 2. The van der Waals surface area contributed by atoms with Gasteiger partial charge in [0.2, 0.25) is 0 Å². The fraction of sp³-hybridized carbons (Fsp3) is 0.750. The lowest BCUT2D eigenvalue weighted by Crippen LogP contribution is -2.21. The Morgan fingerprint density at radius 2 is 2.25 bits per heavy atom. The van der Waals surface area contributed by atoms with E-state index in [4.69, 9.17) is 10.5 Å². The topological polar surface area (TPSA) is 53.1 Å². The van der Waals surface area contributed by atoms with Crippen molar-refractivity contribution in [1.82, 2.24) is 9.78 Å². The van der Waals surface area contributed by atoms with Crippen LogP contribution in [0.1, 0.15) is 36.6 Å². The maximum absolute atomic E-state index is 6.25. The Morgan fingerprint density at radius 3 is 2.81 bits per heavy atom. The van der Waals surface area contributed by atoms with Gasteiger partial charge in [0, 0.05) is 38.1 Å². The van der Waals surface area contributed by atoms with Gasteiger partial charge in [-0.1, -0.05) is 0 Å². The second kappa shape index (κ2) is 4.97. The first-order valence-corrected chi connectivity index (χ1v) is 6.00. The molecule has 1 aliphatic rings. The Labute approximate surface area is 96.8 Å². The summed E-state index contributed by atoms with van der Waals surface area (Å²) in [6.07, 6.45) is 5.38. The molecule has 2 heterocycles. The number of ether oxygens (including phenoxy) is 1. The Hall–Kier alpha value is -0.870. The fourth-order valence-corrected chi connectivity index (χ4v) is 2.45. The van der Waals surface area contributed by atoms with E-state index < -0.39 is 0 Å². The van der Waals surface area contributed by atoms with Crippen LogP contribution >= 0.6 is 0 Å². The van der Waals surface area contributed by atoms with Crippen molar-refractivity contribution in [1.29, 1.82) is 0 Å². The summed E-state index contributed by atoms with van der Waals surface area (Å²) in [5.41, 5.74) is 8.49. The van der Waals surface area contributed by atoms with Gasteiger partial charge in [0.1, 0.15) is 0 Å². The minimum Gasteiger partial charge on any atom is -0.381 e. The summed E-state index contributed by atoms with van der Waals surface area (Å²) in [5, 5.41) is 4.34. The van der Waals surface area contributed by atoms with Crippen molar-refractivity contribution in [3.05, 3.63) is 17.5 Å². The molecule has 0 bridgehead atoms. The number of nitrogens with zero attached hydrogens (tertiary/aromatic N) is 2. The third-order valence-electron chi connectivity index (χ3n) is 3.38. The summed E-state index contributed by atoms with van der Waals surface area (Å²) < 4.78 is 7.20. The summed E-state index contributed by atoms with van der Waals surface area (Å²) in [5.74, 6) is 0.711. The summed E-state index contributed by atoms with van der Waals surface area (Å²) in [6, 6.07) is 0.122. The highest BCUT2D eigenvalue weighted by Gasteiger charge is 2.20. The van der Waals surface area contributed by atoms with E-state index in [-0.39, 0.29) is 6.04 Å². The number of hydrogen-bond acceptors (Lipinski definition) is 3. The minimum atomic E-state index is 0.122. The van der Waals surface area contributed by atoms with Crippen molar-refractivity contribution in [2.45, 2.75) is 32.2 Å². The van der Waals surface area contributed by atoms with E-state index in [1.54, 1.807) is 0 Å². The van der Waals surface area contributed by atoms with Crippen molar-refractivity contribution in [2.24, 2.45) is 18.7 Å². The van der Waals surface area contributed by atoms with Crippen LogP contribution in [0.2, 0.25) is 0 Å². The number of hydrogen-bond donors (Lipinski definition) is 1. The molecule has 90 valence electrons. The summed E-state index contributed by atoms with van der Waals surface area (Å²) >= 11 is 0. The predicted molar refractivity (Wildman–Crippen MR) is 63.0 cm³/mol. The van der Waals surface area contributed by atoms with Crippen LogP contribution in [0.15, 0.2) is 6.20 Å². The third-order valence-corrected chi connectivity index (χ3v) is 3.38. The molecule has 1 saturated heterocycles. The number of rotatable bonds is 3. The molecule has 2 N–H and O–H groups in total. The molecule has 1 aromatic rings. The van der Waals surface area contributed by atoms with Crippen molar-refractivity contribution in [2.75, 3.05) is 13.2 Å². The van der Waals surface area contributed by atoms with E-state index in [2.05, 4.69) is 5.10 Å². The summed E-state index contributed by atoms with van der Waals surface area (Å²) in [6.45, 7) is 3.81. The molecule has 1 fully saturated rings. The van der Waals surface area contributed by atoms with Crippen LogP contribution in [0.25, 0.3) is 0 Å². The first-order chi connectivity index (χ1) is 7.66. The van der Waals surface area contributed by atoms with Gasteiger partial charge in [-0.2, -0.15) is 5.10 Å². The molecule has 4 nitrogen and oxygen atoms in total. The fourth-order valence-electron chi connectivity index (χ4n) is 2.45.